The van der Waals surface area contributed by atoms with Gasteiger partial charge < -0.3 is 18.8 Å². The minimum Gasteiger partial charge on any atom is -0.495 e. The van der Waals surface area contributed by atoms with Crippen LogP contribution in [0.4, 0.5) is 20.4 Å². The molecule has 8 aromatic rings. The van der Waals surface area contributed by atoms with Crippen LogP contribution in [0.3, 0.4) is 0 Å². The molecular weight excluding hydrogens is 1300 g/mol. The van der Waals surface area contributed by atoms with Crippen molar-refractivity contribution in [3.05, 3.63) is 204 Å². The molecule has 4 aromatic carbocycles. The van der Waals surface area contributed by atoms with E-state index in [1.807, 2.05) is 18.2 Å². The van der Waals surface area contributed by atoms with Crippen LogP contribution >= 0.6 is 35.7 Å². The lowest BCUT2D eigenvalue weighted by Gasteiger charge is -2.32. The highest BCUT2D eigenvalue weighted by molar-refractivity contribution is 9.10. The summed E-state index contributed by atoms with van der Waals surface area (Å²) in [5.41, 5.74) is 6.66. The van der Waals surface area contributed by atoms with Crippen LogP contribution in [0, 0.1) is 11.6 Å². The van der Waals surface area contributed by atoms with Crippen molar-refractivity contribution in [2.24, 2.45) is 0 Å². The minimum absolute atomic E-state index is 0. The number of anilines is 2. The van der Waals surface area contributed by atoms with Crippen LogP contribution in [-0.2, 0) is 55.7 Å². The second-order valence-corrected chi connectivity index (χ2v) is 27.1. The average molecular weight is 1370 g/mol. The van der Waals surface area contributed by atoms with Gasteiger partial charge in [0.2, 0.25) is 0 Å². The molecule has 2 aliphatic carbocycles. The van der Waals surface area contributed by atoms with E-state index >= 15 is 4.39 Å². The number of halogens is 3. The minimum atomic E-state index is -3.92. The number of nitrogens with one attached hydrogen (secondary N) is 2. The van der Waals surface area contributed by atoms with E-state index in [1.165, 1.54) is 111 Å². The summed E-state index contributed by atoms with van der Waals surface area (Å²) in [5.74, 6) is 1.14. The molecule has 2 N–H and O–H groups in total. The Morgan fingerprint density at radius 1 is 0.600 bits per heavy atom. The van der Waals surface area contributed by atoms with Gasteiger partial charge >= 0.3 is 27.5 Å². The van der Waals surface area contributed by atoms with Crippen LogP contribution in [0.2, 0.25) is 0 Å². The maximum absolute atomic E-state index is 15.6. The second kappa shape index (κ2) is 27.5. The number of nitrogens with zero attached hydrogens (tertiary/aromatic N) is 8. The van der Waals surface area contributed by atoms with E-state index in [0.717, 1.165) is 29.8 Å². The van der Waals surface area contributed by atoms with Gasteiger partial charge in [-0.05, 0) is 151 Å². The topological polar surface area (TPSA) is 231 Å². The molecule has 3 fully saturated rings. The van der Waals surface area contributed by atoms with Crippen LogP contribution in [0.5, 0.6) is 11.5 Å². The Morgan fingerprint density at radius 2 is 1.07 bits per heavy atom. The maximum Gasteiger partial charge on any atom is 0.494 e. The zero-order valence-corrected chi connectivity index (χ0v) is 56.6. The van der Waals surface area contributed by atoms with Crippen LogP contribution < -0.4 is 35.5 Å². The molecule has 0 bridgehead atoms. The first-order valence-corrected chi connectivity index (χ1v) is 32.3. The van der Waals surface area contributed by atoms with Gasteiger partial charge in [-0.3, -0.25) is 28.2 Å². The predicted molar refractivity (Wildman–Crippen MR) is 356 cm³/mol. The summed E-state index contributed by atoms with van der Waals surface area (Å²) in [6, 6.07) is 34.2. The van der Waals surface area contributed by atoms with E-state index in [9.17, 15) is 30.8 Å². The molecule has 0 spiro atoms. The highest BCUT2D eigenvalue weighted by Gasteiger charge is 2.52. The van der Waals surface area contributed by atoms with Gasteiger partial charge in [0.1, 0.15) is 23.1 Å². The molecule has 4 aromatic heterocycles. The van der Waals surface area contributed by atoms with Crippen molar-refractivity contribution in [3.8, 4) is 34.0 Å². The van der Waals surface area contributed by atoms with Crippen molar-refractivity contribution in [2.75, 3.05) is 36.8 Å². The SMILES string of the molecule is CC1(C)OB(c2cccc(C3CC3)c2)OC1(C)C.COc1cc(-c2cccc(C3CC3)c2)c(F)cc1-n1c2c(ccc1=O)CN(S(=O)(=O)Nc1cccnn1)CC2.COc1cc(Br)c(F)cc1-n1c2c(ccc1=O)CN(S(=O)(=O)Nc1cccnn1)CC2.P.P. The number of aromatic nitrogens is 6. The summed E-state index contributed by atoms with van der Waals surface area (Å²) in [6.45, 7) is 8.68. The molecule has 2 saturated carbocycles. The highest BCUT2D eigenvalue weighted by atomic mass is 79.9. The summed E-state index contributed by atoms with van der Waals surface area (Å²) in [7, 11) is -5.13. The molecule has 5 aliphatic rings. The van der Waals surface area contributed by atoms with Gasteiger partial charge in [-0.25, -0.2) is 8.78 Å². The van der Waals surface area contributed by atoms with Gasteiger partial charge in [-0.15, -0.1) is 10.2 Å². The number of rotatable bonds is 14. The van der Waals surface area contributed by atoms with E-state index < -0.39 is 32.1 Å². The summed E-state index contributed by atoms with van der Waals surface area (Å²) >= 11 is 3.11. The fourth-order valence-electron chi connectivity index (χ4n) is 10.8. The van der Waals surface area contributed by atoms with Crippen molar-refractivity contribution in [1.29, 1.82) is 0 Å². The highest BCUT2D eigenvalue weighted by Crippen LogP contribution is 2.43. The Bertz CT molecular complexity index is 4290. The first-order valence-electron chi connectivity index (χ1n) is 28.6. The lowest BCUT2D eigenvalue weighted by molar-refractivity contribution is 0.00578. The van der Waals surface area contributed by atoms with Crippen LogP contribution in [0.25, 0.3) is 22.5 Å². The smallest absolute Gasteiger partial charge is 0.494 e. The number of ether oxygens (including phenoxy) is 2. The number of pyridine rings is 2. The molecule has 0 radical (unpaired) electrons. The van der Waals surface area contributed by atoms with E-state index in [1.54, 1.807) is 30.3 Å². The molecule has 28 heteroatoms. The van der Waals surface area contributed by atoms with E-state index in [0.29, 0.717) is 45.5 Å². The molecule has 20 nitrogen and oxygen atoms in total. The molecule has 1 saturated heterocycles. The maximum atomic E-state index is 15.6. The Hall–Kier alpha value is -6.86. The molecule has 3 aliphatic heterocycles. The summed E-state index contributed by atoms with van der Waals surface area (Å²) < 4.78 is 115. The standard InChI is InChI=1S/C28H26FN5O4S.C19H17BrFN5O4S.C15H21BO2.2H3P/c1-38-26-15-22(20-5-2-4-19(14-20)18-7-8-18)23(29)16-25(26)34-24-11-13-33(17-21(24)9-10-28(34)35)39(36,37)32-27-6-3-12-30-31-27;1-30-17-9-13(20)14(21)10-16(17)26-15-6-8-25(11-12(15)4-5-19(26)27)31(28,29)24-18-3-2-7-22-23-18;1-14(2)15(3,4)18-16(17-14)13-7-5-6-12(10-13)11-8-9-11;;/h2-6,9-10,12,14-16,18H,7-8,11,13,17H2,1H3,(H,31,32);2-5,7,9-10H,6,8,11H2,1H3,(H,23,24);5-7,10-11H,8-9H2,1-4H3;2*1H3. The van der Waals surface area contributed by atoms with Gasteiger partial charge in [0.25, 0.3) is 11.1 Å². The van der Waals surface area contributed by atoms with Gasteiger partial charge in [0.05, 0.1) is 41.3 Å². The zero-order valence-electron chi connectivity index (χ0n) is 50.5. The van der Waals surface area contributed by atoms with Crippen molar-refractivity contribution >= 4 is 80.4 Å². The molecule has 90 heavy (non-hydrogen) atoms. The zero-order chi connectivity index (χ0) is 62.3. The number of fused-ring (bicyclic) bond motifs is 2. The van der Waals surface area contributed by atoms with Gasteiger partial charge in [-0.2, -0.15) is 55.4 Å². The van der Waals surface area contributed by atoms with Crippen molar-refractivity contribution in [2.45, 2.75) is 102 Å². The third-order valence-corrected chi connectivity index (χ3v) is 20.0. The number of benzene rings is 4. The number of hydrogen-bond acceptors (Lipinski definition) is 14. The average Bonchev–Trinajstić information content (AvgIpc) is 1.58. The summed E-state index contributed by atoms with van der Waals surface area (Å²) in [5, 5.41) is 14.9. The molecule has 0 amide bonds. The van der Waals surface area contributed by atoms with Crippen LogP contribution in [-0.4, -0.2) is 101 Å². The van der Waals surface area contributed by atoms with Crippen LogP contribution in [0.1, 0.15) is 98.9 Å². The molecular formula is C62H70BBrF2N10O10P2S2. The third-order valence-electron chi connectivity index (χ3n) is 16.5. The van der Waals surface area contributed by atoms with Crippen molar-refractivity contribution < 1.29 is 44.4 Å². The lowest BCUT2D eigenvalue weighted by Crippen LogP contribution is -2.41. The fraction of sp³-hybridized carbons (Fsp3) is 0.323. The Labute approximate surface area is 537 Å². The quantitative estimate of drug-likeness (QED) is 0.0764. The van der Waals surface area contributed by atoms with Gasteiger partial charge in [0, 0.05) is 92.6 Å². The first-order chi connectivity index (χ1) is 42.0. The largest absolute Gasteiger partial charge is 0.495 e. The molecule has 2 unspecified atom stereocenters. The van der Waals surface area contributed by atoms with E-state index in [-0.39, 0.29) is 116 Å². The monoisotopic (exact) mass is 1370 g/mol. The summed E-state index contributed by atoms with van der Waals surface area (Å²) in [4.78, 5) is 25.8. The van der Waals surface area contributed by atoms with Crippen molar-refractivity contribution in [3.63, 3.8) is 0 Å². The molecule has 2 atom stereocenters. The number of methoxy groups -OCH3 is 2. The van der Waals surface area contributed by atoms with Gasteiger partial charge in [0.15, 0.2) is 11.6 Å². The first kappa shape index (κ1) is 67.5. The Morgan fingerprint density at radius 3 is 1.53 bits per heavy atom. The lowest BCUT2D eigenvalue weighted by atomic mass is 9.78. The fourth-order valence-corrected chi connectivity index (χ4v) is 13.4. The third kappa shape index (κ3) is 14.7. The number of hydrogen-bond donors (Lipinski definition) is 2. The Balaban J connectivity index is 0.000000168. The molecule has 474 valence electrons. The molecule has 7 heterocycles. The van der Waals surface area contributed by atoms with E-state index in [2.05, 4.69) is 104 Å². The van der Waals surface area contributed by atoms with Crippen molar-refractivity contribution in [1.82, 2.24) is 38.1 Å². The molecule has 13 rings (SSSR count). The van der Waals surface area contributed by atoms with Gasteiger partial charge in [-0.1, -0.05) is 60.7 Å². The normalized spacial score (nSPS) is 16.7. The Kier molecular flexibility index (Phi) is 20.7. The van der Waals surface area contributed by atoms with E-state index in [4.69, 9.17) is 18.8 Å². The van der Waals surface area contributed by atoms with Crippen LogP contribution in [0.15, 0.2) is 148 Å². The summed E-state index contributed by atoms with van der Waals surface area (Å²) in [6.07, 6.45) is 8.31. The predicted octanol–water partition coefficient (Wildman–Crippen LogP) is 9.27. The second-order valence-electron chi connectivity index (χ2n) is 22.9.